The van der Waals surface area contributed by atoms with Crippen molar-refractivity contribution in [1.29, 1.82) is 0 Å². The summed E-state index contributed by atoms with van der Waals surface area (Å²) in [6.07, 6.45) is 11.6. The quantitative estimate of drug-likeness (QED) is 0.207. The Hall–Kier alpha value is -1.36. The van der Waals surface area contributed by atoms with Crippen molar-refractivity contribution in [2.24, 2.45) is 0 Å². The van der Waals surface area contributed by atoms with Crippen molar-refractivity contribution >= 4 is 11.8 Å². The zero-order chi connectivity index (χ0) is 19.1. The van der Waals surface area contributed by atoms with Crippen LogP contribution >= 0.6 is 0 Å². The fourth-order valence-electron chi connectivity index (χ4n) is 2.87. The summed E-state index contributed by atoms with van der Waals surface area (Å²) in [7, 11) is 0. The average Bonchev–Trinajstić information content (AvgIpc) is 2.56. The molecule has 0 fully saturated rings. The van der Waals surface area contributed by atoms with Crippen molar-refractivity contribution < 1.29 is 24.9 Å². The van der Waals surface area contributed by atoms with E-state index in [0.717, 1.165) is 32.1 Å². The molecule has 0 aromatic carbocycles. The smallest absolute Gasteiger partial charge is 0.306 e. The summed E-state index contributed by atoms with van der Waals surface area (Å²) in [6, 6.07) is 0. The molecular formula is C20H36O5. The number of allylic oxidation sites excluding steroid dienone is 1. The first-order valence-electron chi connectivity index (χ1n) is 9.75. The molecule has 0 aliphatic rings. The maximum Gasteiger partial charge on any atom is 0.306 e. The van der Waals surface area contributed by atoms with E-state index < -0.39 is 29.5 Å². The lowest BCUT2D eigenvalue weighted by atomic mass is 9.87. The maximum absolute atomic E-state index is 12.3. The number of rotatable bonds is 16. The molecule has 0 heterocycles. The Morgan fingerprint density at radius 1 is 0.840 bits per heavy atom. The Morgan fingerprint density at radius 2 is 1.36 bits per heavy atom. The summed E-state index contributed by atoms with van der Waals surface area (Å²) < 4.78 is 0. The Balaban J connectivity index is 4.43. The maximum atomic E-state index is 12.3. The van der Waals surface area contributed by atoms with Gasteiger partial charge in [-0.25, -0.2) is 0 Å². The van der Waals surface area contributed by atoms with Crippen molar-refractivity contribution in [2.75, 3.05) is 0 Å². The van der Waals surface area contributed by atoms with Gasteiger partial charge < -0.3 is 15.3 Å². The zero-order valence-electron chi connectivity index (χ0n) is 15.9. The number of carboxylic acids is 1. The Bertz CT molecular complexity index is 416. The van der Waals surface area contributed by atoms with E-state index in [1.807, 2.05) is 6.92 Å². The van der Waals surface area contributed by atoms with Crippen LogP contribution in [0.15, 0.2) is 11.8 Å². The highest BCUT2D eigenvalue weighted by atomic mass is 16.4. The van der Waals surface area contributed by atoms with E-state index in [1.165, 1.54) is 31.8 Å². The van der Waals surface area contributed by atoms with Crippen molar-refractivity contribution in [3.8, 4) is 0 Å². The molecule has 0 spiro atoms. The molecule has 0 rings (SSSR count). The standard InChI is InChI=1S/C20H36O5/c1-3-5-7-8-9-10-11-12-14-17(21)19(24)20(25,16-18(22)23)15-13-6-4-2/h14,21,25H,3-13,15-16H2,1-2H3,(H,22,23)/b17-14-. The van der Waals surface area contributed by atoms with Crippen LogP contribution in [0.4, 0.5) is 0 Å². The van der Waals surface area contributed by atoms with Gasteiger partial charge in [0.25, 0.3) is 0 Å². The second kappa shape index (κ2) is 13.9. The van der Waals surface area contributed by atoms with E-state index >= 15 is 0 Å². The lowest BCUT2D eigenvalue weighted by Gasteiger charge is -2.24. The predicted octanol–water partition coefficient (Wildman–Crippen LogP) is 4.92. The van der Waals surface area contributed by atoms with Gasteiger partial charge in [0, 0.05) is 0 Å². The lowest BCUT2D eigenvalue weighted by molar-refractivity contribution is -0.151. The normalized spacial score (nSPS) is 14.3. The minimum Gasteiger partial charge on any atom is -0.505 e. The molecule has 5 heteroatoms. The number of hydrogen-bond acceptors (Lipinski definition) is 4. The van der Waals surface area contributed by atoms with Gasteiger partial charge in [0.1, 0.15) is 5.60 Å². The third-order valence-corrected chi connectivity index (χ3v) is 4.44. The summed E-state index contributed by atoms with van der Waals surface area (Å²) in [6.45, 7) is 4.16. The van der Waals surface area contributed by atoms with E-state index in [4.69, 9.17) is 5.11 Å². The summed E-state index contributed by atoms with van der Waals surface area (Å²) in [5, 5.41) is 29.4. The molecule has 0 aromatic rings. The number of aliphatic hydroxyl groups excluding tert-OH is 1. The molecule has 5 nitrogen and oxygen atoms in total. The van der Waals surface area contributed by atoms with E-state index in [-0.39, 0.29) is 6.42 Å². The predicted molar refractivity (Wildman–Crippen MR) is 99.7 cm³/mol. The van der Waals surface area contributed by atoms with Crippen molar-refractivity contribution in [3.63, 3.8) is 0 Å². The van der Waals surface area contributed by atoms with E-state index in [9.17, 15) is 19.8 Å². The average molecular weight is 357 g/mol. The van der Waals surface area contributed by atoms with Gasteiger partial charge in [-0.3, -0.25) is 9.59 Å². The Morgan fingerprint density at radius 3 is 1.92 bits per heavy atom. The largest absolute Gasteiger partial charge is 0.505 e. The number of carboxylic acid groups (broad SMARTS) is 1. The number of ketones is 1. The Kier molecular flexibility index (Phi) is 13.1. The van der Waals surface area contributed by atoms with Gasteiger partial charge in [-0.05, 0) is 25.3 Å². The van der Waals surface area contributed by atoms with Crippen LogP contribution in [0.5, 0.6) is 0 Å². The number of aliphatic hydroxyl groups is 2. The molecule has 0 radical (unpaired) electrons. The van der Waals surface area contributed by atoms with E-state index in [2.05, 4.69) is 6.92 Å². The van der Waals surface area contributed by atoms with Crippen molar-refractivity contribution in [3.05, 3.63) is 11.8 Å². The zero-order valence-corrected chi connectivity index (χ0v) is 15.9. The van der Waals surface area contributed by atoms with Crippen molar-refractivity contribution in [2.45, 2.75) is 103 Å². The molecular weight excluding hydrogens is 320 g/mol. The van der Waals surface area contributed by atoms with E-state index in [1.54, 1.807) is 0 Å². The number of aliphatic carboxylic acids is 1. The Labute approximate surface area is 152 Å². The summed E-state index contributed by atoms with van der Waals surface area (Å²) in [5.74, 6) is -2.62. The van der Waals surface area contributed by atoms with Crippen LogP contribution in [0.1, 0.15) is 97.3 Å². The molecule has 1 atom stereocenters. The minimum absolute atomic E-state index is 0.0568. The van der Waals surface area contributed by atoms with Gasteiger partial charge in [0.2, 0.25) is 5.78 Å². The third kappa shape index (κ3) is 11.0. The van der Waals surface area contributed by atoms with Crippen LogP contribution < -0.4 is 0 Å². The van der Waals surface area contributed by atoms with Crippen LogP contribution in [0.2, 0.25) is 0 Å². The summed E-state index contributed by atoms with van der Waals surface area (Å²) in [5.41, 5.74) is -2.01. The highest BCUT2D eigenvalue weighted by Crippen LogP contribution is 2.24. The topological polar surface area (TPSA) is 94.8 Å². The van der Waals surface area contributed by atoms with Crippen LogP contribution in [-0.2, 0) is 9.59 Å². The van der Waals surface area contributed by atoms with Gasteiger partial charge in [-0.1, -0.05) is 71.6 Å². The number of carbonyl (C=O) groups excluding carboxylic acids is 1. The first-order chi connectivity index (χ1) is 11.9. The van der Waals surface area contributed by atoms with Gasteiger partial charge in [-0.15, -0.1) is 0 Å². The summed E-state index contributed by atoms with van der Waals surface area (Å²) >= 11 is 0. The van der Waals surface area contributed by atoms with Gasteiger partial charge in [0.15, 0.2) is 5.76 Å². The van der Waals surface area contributed by atoms with Gasteiger partial charge >= 0.3 is 5.97 Å². The number of hydrogen-bond donors (Lipinski definition) is 3. The molecule has 25 heavy (non-hydrogen) atoms. The second-order valence-electron chi connectivity index (χ2n) is 6.89. The number of carbonyl (C=O) groups is 2. The first-order valence-corrected chi connectivity index (χ1v) is 9.75. The van der Waals surface area contributed by atoms with Crippen LogP contribution in [0.25, 0.3) is 0 Å². The van der Waals surface area contributed by atoms with Crippen LogP contribution in [0.3, 0.4) is 0 Å². The van der Waals surface area contributed by atoms with Gasteiger partial charge in [-0.2, -0.15) is 0 Å². The fraction of sp³-hybridized carbons (Fsp3) is 0.800. The number of Topliss-reactive ketones (excluding diaryl/α,β-unsaturated/α-hetero) is 1. The number of unbranched alkanes of at least 4 members (excludes halogenated alkanes) is 9. The van der Waals surface area contributed by atoms with Gasteiger partial charge in [0.05, 0.1) is 6.42 Å². The van der Waals surface area contributed by atoms with E-state index in [0.29, 0.717) is 12.8 Å². The highest BCUT2D eigenvalue weighted by Gasteiger charge is 2.39. The van der Waals surface area contributed by atoms with Crippen LogP contribution in [0, 0.1) is 0 Å². The molecule has 0 aromatic heterocycles. The fourth-order valence-corrected chi connectivity index (χ4v) is 2.87. The molecule has 0 aliphatic heterocycles. The lowest BCUT2D eigenvalue weighted by Crippen LogP contribution is -2.41. The monoisotopic (exact) mass is 356 g/mol. The molecule has 0 aliphatic carbocycles. The molecule has 0 bridgehead atoms. The molecule has 3 N–H and O–H groups in total. The summed E-state index contributed by atoms with van der Waals surface area (Å²) in [4.78, 5) is 23.3. The molecule has 146 valence electrons. The molecule has 0 saturated carbocycles. The third-order valence-electron chi connectivity index (χ3n) is 4.44. The van der Waals surface area contributed by atoms with Crippen LogP contribution in [-0.4, -0.2) is 32.7 Å². The molecule has 1 unspecified atom stereocenters. The first kappa shape index (κ1) is 23.6. The second-order valence-corrected chi connectivity index (χ2v) is 6.89. The highest BCUT2D eigenvalue weighted by molar-refractivity contribution is 6.01. The molecule has 0 amide bonds. The molecule has 0 saturated heterocycles. The minimum atomic E-state index is -2.01. The SMILES string of the molecule is CCCCCCCCC/C=C(\O)C(=O)C(O)(CCCCC)CC(=O)O. The van der Waals surface area contributed by atoms with Crippen molar-refractivity contribution in [1.82, 2.24) is 0 Å².